The highest BCUT2D eigenvalue weighted by Crippen LogP contribution is 2.03. The maximum absolute atomic E-state index is 5.09. The van der Waals surface area contributed by atoms with Crippen molar-refractivity contribution in [2.75, 3.05) is 0 Å². The van der Waals surface area contributed by atoms with E-state index in [0.29, 0.717) is 9.52 Å². The zero-order valence-electron chi connectivity index (χ0n) is 5.42. The van der Waals surface area contributed by atoms with Crippen molar-refractivity contribution in [1.29, 1.82) is 0 Å². The Hall–Kier alpha value is 0.350. The van der Waals surface area contributed by atoms with Crippen LogP contribution >= 0.6 is 34.8 Å². The van der Waals surface area contributed by atoms with E-state index in [2.05, 4.69) is 6.58 Å². The number of allylic oxidation sites excluding steroid dienone is 2. The largest absolute Gasteiger partial charge is 0.102 e. The Morgan fingerprint density at radius 2 is 1.44 bits per heavy atom. The van der Waals surface area contributed by atoms with E-state index >= 15 is 0 Å². The van der Waals surface area contributed by atoms with Crippen molar-refractivity contribution in [1.82, 2.24) is 0 Å². The first kappa shape index (κ1) is 12.1. The lowest BCUT2D eigenvalue weighted by Crippen LogP contribution is -1.38. The number of hydrogen-bond donors (Lipinski definition) is 0. The summed E-state index contributed by atoms with van der Waals surface area (Å²) in [5.41, 5.74) is 0. The van der Waals surface area contributed by atoms with Crippen molar-refractivity contribution in [2.24, 2.45) is 0 Å². The molecule has 0 aromatic carbocycles. The van der Waals surface area contributed by atoms with Gasteiger partial charge in [-0.2, -0.15) is 0 Å². The van der Waals surface area contributed by atoms with E-state index in [9.17, 15) is 0 Å². The second-order valence-electron chi connectivity index (χ2n) is 1.25. The molecule has 0 nitrogen and oxygen atoms in total. The van der Waals surface area contributed by atoms with Gasteiger partial charge in [0.2, 0.25) is 0 Å². The first-order valence-corrected chi connectivity index (χ1v) is 3.42. The Morgan fingerprint density at radius 1 is 1.33 bits per heavy atom. The lowest BCUT2D eigenvalue weighted by Gasteiger charge is -1.66. The Morgan fingerprint density at radius 3 is 1.44 bits per heavy atom. The van der Waals surface area contributed by atoms with E-state index in [1.165, 1.54) is 0 Å². The molecule has 0 saturated heterocycles. The number of rotatable bonds is 0. The molecule has 54 valence electrons. The Labute approximate surface area is 71.1 Å². The summed E-state index contributed by atoms with van der Waals surface area (Å²) in [4.78, 5) is 0. The van der Waals surface area contributed by atoms with E-state index in [1.807, 2.05) is 0 Å². The van der Waals surface area contributed by atoms with Gasteiger partial charge in [0.15, 0.2) is 0 Å². The molecule has 0 heterocycles. The van der Waals surface area contributed by atoms with Gasteiger partial charge in [0.25, 0.3) is 0 Å². The SMILES string of the molecule is C=C(C)Cl.CC=C(Cl)Cl. The van der Waals surface area contributed by atoms with E-state index in [4.69, 9.17) is 34.8 Å². The highest BCUT2D eigenvalue weighted by atomic mass is 35.5. The maximum atomic E-state index is 5.09. The molecule has 0 amide bonds. The van der Waals surface area contributed by atoms with Gasteiger partial charge in [0.05, 0.1) is 0 Å². The summed E-state index contributed by atoms with van der Waals surface area (Å²) in [7, 11) is 0. The van der Waals surface area contributed by atoms with Gasteiger partial charge in [-0.3, -0.25) is 0 Å². The lowest BCUT2D eigenvalue weighted by atomic mass is 10.8. The third-order valence-corrected chi connectivity index (χ3v) is 0.655. The number of hydrogen-bond acceptors (Lipinski definition) is 0. The molecule has 0 radical (unpaired) electrons. The summed E-state index contributed by atoms with van der Waals surface area (Å²) >= 11 is 15.3. The van der Waals surface area contributed by atoms with Gasteiger partial charge in [-0.25, -0.2) is 0 Å². The highest BCUT2D eigenvalue weighted by Gasteiger charge is 1.68. The first-order valence-electron chi connectivity index (χ1n) is 2.29. The van der Waals surface area contributed by atoms with Crippen molar-refractivity contribution in [3.63, 3.8) is 0 Å². The Bertz CT molecular complexity index is 96.9. The fraction of sp³-hybridized carbons (Fsp3) is 0.333. The predicted molar refractivity (Wildman–Crippen MR) is 46.1 cm³/mol. The van der Waals surface area contributed by atoms with E-state index < -0.39 is 0 Å². The molecule has 0 bridgehead atoms. The van der Waals surface area contributed by atoms with Crippen molar-refractivity contribution < 1.29 is 0 Å². The molecule has 0 saturated carbocycles. The fourth-order valence-electron chi connectivity index (χ4n) is 0. The van der Waals surface area contributed by atoms with Crippen molar-refractivity contribution in [2.45, 2.75) is 13.8 Å². The van der Waals surface area contributed by atoms with Crippen LogP contribution in [0, 0.1) is 0 Å². The summed E-state index contributed by atoms with van der Waals surface area (Å²) in [6.07, 6.45) is 1.61. The van der Waals surface area contributed by atoms with Gasteiger partial charge in [-0.1, -0.05) is 47.5 Å². The molecule has 0 aliphatic heterocycles. The molecule has 0 unspecified atom stereocenters. The van der Waals surface area contributed by atoms with E-state index in [1.54, 1.807) is 19.9 Å². The van der Waals surface area contributed by atoms with Crippen LogP contribution < -0.4 is 0 Å². The minimum absolute atomic E-state index is 0.324. The van der Waals surface area contributed by atoms with Gasteiger partial charge >= 0.3 is 0 Å². The van der Waals surface area contributed by atoms with Crippen molar-refractivity contribution in [3.05, 3.63) is 22.2 Å². The highest BCUT2D eigenvalue weighted by molar-refractivity contribution is 6.55. The van der Waals surface area contributed by atoms with E-state index in [-0.39, 0.29) is 0 Å². The number of halogens is 3. The molecule has 9 heavy (non-hydrogen) atoms. The second kappa shape index (κ2) is 8.35. The molecule has 0 rings (SSSR count). The molecule has 3 heteroatoms. The van der Waals surface area contributed by atoms with Crippen LogP contribution in [0.2, 0.25) is 0 Å². The van der Waals surface area contributed by atoms with E-state index in [0.717, 1.165) is 0 Å². The Balaban J connectivity index is 0. The van der Waals surface area contributed by atoms with Crippen molar-refractivity contribution >= 4 is 34.8 Å². The molecule has 0 fully saturated rings. The molecule has 0 N–H and O–H groups in total. The molecule has 0 aliphatic carbocycles. The van der Waals surface area contributed by atoms with Crippen LogP contribution in [-0.2, 0) is 0 Å². The summed E-state index contributed by atoms with van der Waals surface area (Å²) in [6, 6.07) is 0. The monoisotopic (exact) mass is 186 g/mol. The van der Waals surface area contributed by atoms with Crippen LogP contribution in [0.5, 0.6) is 0 Å². The maximum Gasteiger partial charge on any atom is 0.102 e. The average Bonchev–Trinajstić information content (AvgIpc) is 1.65. The molecule has 0 aliphatic rings. The summed E-state index contributed by atoms with van der Waals surface area (Å²) in [5.74, 6) is 0. The standard InChI is InChI=1S/C3H4Cl2.C3H5Cl/c1-2-3(4)5;1-3(2)4/h2H,1H3;1H2,2H3. The van der Waals surface area contributed by atoms with Gasteiger partial charge in [-0.05, 0) is 13.8 Å². The molecular weight excluding hydrogens is 178 g/mol. The predicted octanol–water partition coefficient (Wildman–Crippen LogP) is 4.08. The molecule has 0 spiro atoms. The molecule has 0 atom stereocenters. The van der Waals surface area contributed by atoms with Crippen LogP contribution in [0.25, 0.3) is 0 Å². The summed E-state index contributed by atoms with van der Waals surface area (Å²) in [5, 5.41) is 0.639. The zero-order chi connectivity index (χ0) is 7.86. The van der Waals surface area contributed by atoms with Crippen LogP contribution in [0.3, 0.4) is 0 Å². The molecule has 0 aromatic rings. The second-order valence-corrected chi connectivity index (χ2v) is 2.91. The van der Waals surface area contributed by atoms with Gasteiger partial charge in [0.1, 0.15) is 4.49 Å². The van der Waals surface area contributed by atoms with Crippen LogP contribution in [0.4, 0.5) is 0 Å². The zero-order valence-corrected chi connectivity index (χ0v) is 7.69. The van der Waals surface area contributed by atoms with Gasteiger partial charge in [0, 0.05) is 5.03 Å². The average molecular weight is 187 g/mol. The quantitative estimate of drug-likeness (QED) is 0.536. The summed E-state index contributed by atoms with van der Waals surface area (Å²) < 4.78 is 0.324. The third-order valence-electron chi connectivity index (χ3n) is 0.218. The first-order chi connectivity index (χ1) is 4.00. The summed E-state index contributed by atoms with van der Waals surface area (Å²) in [6.45, 7) is 6.83. The third kappa shape index (κ3) is 61.0. The topological polar surface area (TPSA) is 0 Å². The van der Waals surface area contributed by atoms with Crippen molar-refractivity contribution in [3.8, 4) is 0 Å². The Kier molecular flexibility index (Phi) is 11.2. The minimum Gasteiger partial charge on any atom is -0.0901 e. The minimum atomic E-state index is 0.324. The molecular formula is C6H9Cl3. The van der Waals surface area contributed by atoms with Crippen LogP contribution in [0.15, 0.2) is 22.2 Å². The van der Waals surface area contributed by atoms with Gasteiger partial charge < -0.3 is 0 Å². The lowest BCUT2D eigenvalue weighted by molar-refractivity contribution is 1.72. The molecule has 0 aromatic heterocycles. The van der Waals surface area contributed by atoms with Crippen LogP contribution in [0.1, 0.15) is 13.8 Å². The smallest absolute Gasteiger partial charge is 0.0901 e. The fourth-order valence-corrected chi connectivity index (χ4v) is 0. The van der Waals surface area contributed by atoms with Gasteiger partial charge in [-0.15, -0.1) is 0 Å². The van der Waals surface area contributed by atoms with Crippen LogP contribution in [-0.4, -0.2) is 0 Å². The normalized spacial score (nSPS) is 6.78.